The summed E-state index contributed by atoms with van der Waals surface area (Å²) in [6, 6.07) is -0.759. The maximum absolute atomic E-state index is 12.7. The Labute approximate surface area is 155 Å². The van der Waals surface area contributed by atoms with Crippen LogP contribution in [0.15, 0.2) is 18.6 Å². The molecule has 2 aromatic rings. The SMILES string of the molecule is CCC(C(=O)Nc1cnn(C)c1C(=O)NCC(C)C)n1cc([N+](=O)[O-])cn1. The van der Waals surface area contributed by atoms with Gasteiger partial charge in [-0.15, -0.1) is 0 Å². The molecule has 0 radical (unpaired) electrons. The lowest BCUT2D eigenvalue weighted by molar-refractivity contribution is -0.385. The number of carbonyl (C=O) groups excluding carboxylic acids is 2. The molecule has 11 nitrogen and oxygen atoms in total. The van der Waals surface area contributed by atoms with Crippen LogP contribution in [0.25, 0.3) is 0 Å². The predicted octanol–water partition coefficient (Wildman–Crippen LogP) is 1.50. The molecule has 2 heterocycles. The van der Waals surface area contributed by atoms with E-state index in [9.17, 15) is 19.7 Å². The van der Waals surface area contributed by atoms with Crippen molar-refractivity contribution in [3.63, 3.8) is 0 Å². The maximum Gasteiger partial charge on any atom is 0.307 e. The molecule has 0 spiro atoms. The fraction of sp³-hybridized carbons (Fsp3) is 0.500. The number of nitrogens with one attached hydrogen (secondary N) is 2. The average Bonchev–Trinajstić information content (AvgIpc) is 3.21. The van der Waals surface area contributed by atoms with E-state index in [-0.39, 0.29) is 28.9 Å². The van der Waals surface area contributed by atoms with E-state index in [2.05, 4.69) is 20.8 Å². The number of rotatable bonds is 8. The number of anilines is 1. The Balaban J connectivity index is 2.18. The molecular formula is C16H23N7O4. The summed E-state index contributed by atoms with van der Waals surface area (Å²) in [4.78, 5) is 35.3. The van der Waals surface area contributed by atoms with Gasteiger partial charge in [-0.1, -0.05) is 20.8 Å². The monoisotopic (exact) mass is 377 g/mol. The Morgan fingerprint density at radius 2 is 2.00 bits per heavy atom. The number of amides is 2. The minimum Gasteiger partial charge on any atom is -0.350 e. The number of aromatic nitrogens is 4. The first kappa shape index (κ1) is 20.1. The van der Waals surface area contributed by atoms with Crippen LogP contribution in [0.5, 0.6) is 0 Å². The van der Waals surface area contributed by atoms with E-state index in [1.54, 1.807) is 14.0 Å². The van der Waals surface area contributed by atoms with Crippen LogP contribution < -0.4 is 10.6 Å². The second kappa shape index (κ2) is 8.43. The van der Waals surface area contributed by atoms with Crippen molar-refractivity contribution in [1.82, 2.24) is 24.9 Å². The number of carbonyl (C=O) groups is 2. The van der Waals surface area contributed by atoms with Gasteiger partial charge in [-0.25, -0.2) is 0 Å². The molecule has 0 aliphatic rings. The topological polar surface area (TPSA) is 137 Å². The Morgan fingerprint density at radius 1 is 1.30 bits per heavy atom. The number of nitro groups is 1. The summed E-state index contributed by atoms with van der Waals surface area (Å²) in [5.41, 5.74) is 0.297. The standard InChI is InChI=1S/C16H23N7O4/c1-5-13(22-9-11(7-19-22)23(26)27)15(24)20-12-8-18-21(4)14(12)16(25)17-6-10(2)3/h7-10,13H,5-6H2,1-4H3,(H,17,25)(H,20,24). The Kier molecular flexibility index (Phi) is 6.27. The van der Waals surface area contributed by atoms with Gasteiger partial charge in [-0.2, -0.15) is 10.2 Å². The number of aryl methyl sites for hydroxylation is 1. The molecule has 0 saturated heterocycles. The van der Waals surface area contributed by atoms with Gasteiger partial charge in [-0.05, 0) is 12.3 Å². The number of nitrogens with zero attached hydrogens (tertiary/aromatic N) is 5. The van der Waals surface area contributed by atoms with Gasteiger partial charge in [0.2, 0.25) is 5.91 Å². The third-order valence-electron chi connectivity index (χ3n) is 3.89. The van der Waals surface area contributed by atoms with Crippen LogP contribution in [0.2, 0.25) is 0 Å². The quantitative estimate of drug-likeness (QED) is 0.528. The molecule has 0 aromatic carbocycles. The Morgan fingerprint density at radius 3 is 2.56 bits per heavy atom. The maximum atomic E-state index is 12.7. The second-order valence-electron chi connectivity index (χ2n) is 6.48. The van der Waals surface area contributed by atoms with Crippen molar-refractivity contribution in [3.05, 3.63) is 34.4 Å². The summed E-state index contributed by atoms with van der Waals surface area (Å²) in [6.07, 6.45) is 4.04. The largest absolute Gasteiger partial charge is 0.350 e. The molecule has 0 aliphatic heterocycles. The number of hydrogen-bond acceptors (Lipinski definition) is 6. The van der Waals surface area contributed by atoms with Gasteiger partial charge in [0.25, 0.3) is 5.91 Å². The van der Waals surface area contributed by atoms with E-state index in [1.807, 2.05) is 13.8 Å². The van der Waals surface area contributed by atoms with E-state index in [4.69, 9.17) is 0 Å². The summed E-state index contributed by atoms with van der Waals surface area (Å²) in [5, 5.41) is 24.2. The molecule has 2 aromatic heterocycles. The van der Waals surface area contributed by atoms with Crippen LogP contribution in [0.1, 0.15) is 43.7 Å². The Hall–Kier alpha value is -3.24. The molecule has 0 aliphatic carbocycles. The van der Waals surface area contributed by atoms with Crippen LogP contribution >= 0.6 is 0 Å². The van der Waals surface area contributed by atoms with Crippen molar-refractivity contribution in [2.24, 2.45) is 13.0 Å². The first-order chi connectivity index (χ1) is 12.7. The fourth-order valence-corrected chi connectivity index (χ4v) is 2.48. The molecule has 2 amide bonds. The van der Waals surface area contributed by atoms with Crippen molar-refractivity contribution < 1.29 is 14.5 Å². The molecule has 1 unspecified atom stereocenters. The Bertz CT molecular complexity index is 840. The summed E-state index contributed by atoms with van der Waals surface area (Å²) < 4.78 is 2.62. The average molecular weight is 377 g/mol. The van der Waals surface area contributed by atoms with Gasteiger partial charge < -0.3 is 10.6 Å². The molecule has 0 fully saturated rings. The molecule has 0 bridgehead atoms. The molecule has 11 heteroatoms. The lowest BCUT2D eigenvalue weighted by Gasteiger charge is -2.15. The second-order valence-corrected chi connectivity index (χ2v) is 6.48. The normalized spacial score (nSPS) is 12.0. The lowest BCUT2D eigenvalue weighted by Crippen LogP contribution is -2.31. The van der Waals surface area contributed by atoms with Gasteiger partial charge in [0.05, 0.1) is 16.8 Å². The van der Waals surface area contributed by atoms with E-state index >= 15 is 0 Å². The zero-order valence-electron chi connectivity index (χ0n) is 15.7. The van der Waals surface area contributed by atoms with Crippen molar-refractivity contribution >= 4 is 23.2 Å². The van der Waals surface area contributed by atoms with Crippen molar-refractivity contribution in [2.75, 3.05) is 11.9 Å². The van der Waals surface area contributed by atoms with Crippen molar-refractivity contribution in [1.29, 1.82) is 0 Å². The first-order valence-corrected chi connectivity index (χ1v) is 8.54. The molecular weight excluding hydrogens is 354 g/mol. The first-order valence-electron chi connectivity index (χ1n) is 8.54. The highest BCUT2D eigenvalue weighted by Crippen LogP contribution is 2.20. The van der Waals surface area contributed by atoms with Gasteiger partial charge in [0.15, 0.2) is 0 Å². The number of hydrogen-bond donors (Lipinski definition) is 2. The molecule has 1 atom stereocenters. The van der Waals surface area contributed by atoms with Gasteiger partial charge in [0.1, 0.15) is 24.1 Å². The highest BCUT2D eigenvalue weighted by Gasteiger charge is 2.25. The van der Waals surface area contributed by atoms with E-state index < -0.39 is 16.9 Å². The molecule has 0 saturated carbocycles. The summed E-state index contributed by atoms with van der Waals surface area (Å²) >= 11 is 0. The summed E-state index contributed by atoms with van der Waals surface area (Å²) in [7, 11) is 1.61. The molecule has 146 valence electrons. The fourth-order valence-electron chi connectivity index (χ4n) is 2.48. The van der Waals surface area contributed by atoms with Gasteiger partial charge >= 0.3 is 5.69 Å². The van der Waals surface area contributed by atoms with Crippen molar-refractivity contribution in [3.8, 4) is 0 Å². The van der Waals surface area contributed by atoms with E-state index in [1.165, 1.54) is 21.8 Å². The minimum atomic E-state index is -0.759. The smallest absolute Gasteiger partial charge is 0.307 e. The third kappa shape index (κ3) is 4.68. The summed E-state index contributed by atoms with van der Waals surface area (Å²) in [5.74, 6) is -0.511. The highest BCUT2D eigenvalue weighted by molar-refractivity contribution is 6.03. The lowest BCUT2D eigenvalue weighted by atomic mass is 10.2. The minimum absolute atomic E-state index is 0.198. The predicted molar refractivity (Wildman–Crippen MR) is 97.2 cm³/mol. The van der Waals surface area contributed by atoms with Crippen LogP contribution in [0.3, 0.4) is 0 Å². The van der Waals surface area contributed by atoms with Gasteiger partial charge in [-0.3, -0.25) is 29.1 Å². The molecule has 2 rings (SSSR count). The third-order valence-corrected chi connectivity index (χ3v) is 3.89. The zero-order chi connectivity index (χ0) is 20.1. The van der Waals surface area contributed by atoms with Gasteiger partial charge in [0, 0.05) is 13.6 Å². The van der Waals surface area contributed by atoms with E-state index in [0.29, 0.717) is 13.0 Å². The highest BCUT2D eigenvalue weighted by atomic mass is 16.6. The molecule has 27 heavy (non-hydrogen) atoms. The molecule has 2 N–H and O–H groups in total. The van der Waals surface area contributed by atoms with Crippen LogP contribution in [0.4, 0.5) is 11.4 Å². The van der Waals surface area contributed by atoms with Crippen molar-refractivity contribution in [2.45, 2.75) is 33.2 Å². The zero-order valence-corrected chi connectivity index (χ0v) is 15.7. The van der Waals surface area contributed by atoms with Crippen LogP contribution in [-0.4, -0.2) is 42.8 Å². The van der Waals surface area contributed by atoms with Crippen LogP contribution in [0, 0.1) is 16.0 Å². The van der Waals surface area contributed by atoms with Crippen LogP contribution in [-0.2, 0) is 11.8 Å². The summed E-state index contributed by atoms with van der Waals surface area (Å²) in [6.45, 7) is 6.20. The van der Waals surface area contributed by atoms with E-state index in [0.717, 1.165) is 6.20 Å².